The summed E-state index contributed by atoms with van der Waals surface area (Å²) in [4.78, 5) is 0. The van der Waals surface area contributed by atoms with Crippen LogP contribution >= 0.6 is 15.9 Å². The molecule has 0 aliphatic heterocycles. The Balaban J connectivity index is 1.85. The molecular formula is C12H14BrN. The van der Waals surface area contributed by atoms with Gasteiger partial charge in [-0.1, -0.05) is 28.1 Å². The highest BCUT2D eigenvalue weighted by molar-refractivity contribution is 9.10. The van der Waals surface area contributed by atoms with Crippen molar-refractivity contribution in [2.45, 2.75) is 30.7 Å². The van der Waals surface area contributed by atoms with E-state index in [-0.39, 0.29) is 5.54 Å². The van der Waals surface area contributed by atoms with Gasteiger partial charge in [0.2, 0.25) is 0 Å². The van der Waals surface area contributed by atoms with Gasteiger partial charge >= 0.3 is 0 Å². The minimum atomic E-state index is 0.154. The van der Waals surface area contributed by atoms with Gasteiger partial charge in [0.25, 0.3) is 0 Å². The molecule has 14 heavy (non-hydrogen) atoms. The highest BCUT2D eigenvalue weighted by atomic mass is 79.9. The normalized spacial score (nSPS) is 35.7. The smallest absolute Gasteiger partial charge is 0.0259 e. The molecule has 0 bridgehead atoms. The van der Waals surface area contributed by atoms with E-state index in [1.54, 1.807) is 0 Å². The molecule has 0 radical (unpaired) electrons. The molecule has 0 saturated heterocycles. The van der Waals surface area contributed by atoms with E-state index in [0.29, 0.717) is 5.92 Å². The first-order valence-corrected chi connectivity index (χ1v) is 6.04. The van der Waals surface area contributed by atoms with Crippen molar-refractivity contribution in [2.24, 2.45) is 11.7 Å². The Kier molecular flexibility index (Phi) is 1.80. The van der Waals surface area contributed by atoms with Gasteiger partial charge in [0.1, 0.15) is 0 Å². The summed E-state index contributed by atoms with van der Waals surface area (Å²) in [6.07, 6.45) is 3.89. The van der Waals surface area contributed by atoms with Gasteiger partial charge in [0.15, 0.2) is 0 Å². The van der Waals surface area contributed by atoms with Gasteiger partial charge in [-0.15, -0.1) is 0 Å². The van der Waals surface area contributed by atoms with E-state index in [2.05, 4.69) is 40.2 Å². The van der Waals surface area contributed by atoms with Crippen molar-refractivity contribution in [1.82, 2.24) is 0 Å². The summed E-state index contributed by atoms with van der Waals surface area (Å²) in [6, 6.07) is 8.58. The zero-order valence-electron chi connectivity index (χ0n) is 8.04. The second-order valence-electron chi connectivity index (χ2n) is 4.70. The minimum Gasteiger partial charge on any atom is -0.324 e. The van der Waals surface area contributed by atoms with E-state index >= 15 is 0 Å². The lowest BCUT2D eigenvalue weighted by atomic mass is 10.0. The first-order valence-electron chi connectivity index (χ1n) is 5.24. The number of hydrogen-bond acceptors (Lipinski definition) is 1. The van der Waals surface area contributed by atoms with E-state index in [1.807, 2.05) is 0 Å². The van der Waals surface area contributed by atoms with Crippen LogP contribution < -0.4 is 5.73 Å². The number of nitrogens with two attached hydrogens (primary N) is 1. The van der Waals surface area contributed by atoms with Crippen molar-refractivity contribution in [3.05, 3.63) is 34.3 Å². The summed E-state index contributed by atoms with van der Waals surface area (Å²) >= 11 is 3.51. The Bertz CT molecular complexity index is 372. The first-order chi connectivity index (χ1) is 6.70. The van der Waals surface area contributed by atoms with Crippen molar-refractivity contribution in [2.75, 3.05) is 0 Å². The molecule has 2 unspecified atom stereocenters. The maximum absolute atomic E-state index is 6.36. The average molecular weight is 252 g/mol. The van der Waals surface area contributed by atoms with Crippen LogP contribution in [0.5, 0.6) is 0 Å². The van der Waals surface area contributed by atoms with E-state index < -0.39 is 0 Å². The molecule has 1 nitrogen and oxygen atoms in total. The van der Waals surface area contributed by atoms with Crippen LogP contribution in [0.4, 0.5) is 0 Å². The van der Waals surface area contributed by atoms with Crippen LogP contribution in [0.25, 0.3) is 0 Å². The predicted molar refractivity (Wildman–Crippen MR) is 61.1 cm³/mol. The number of rotatable bonds is 2. The van der Waals surface area contributed by atoms with Crippen molar-refractivity contribution >= 4 is 15.9 Å². The van der Waals surface area contributed by atoms with Crippen LogP contribution in [-0.4, -0.2) is 5.54 Å². The zero-order chi connectivity index (χ0) is 9.76. The standard InChI is InChI=1S/C12H14BrN/c13-10-3-1-2-8(6-10)11-7-12(11,14)9-4-5-9/h1-3,6,9,11H,4-5,7,14H2. The van der Waals surface area contributed by atoms with Crippen molar-refractivity contribution in [1.29, 1.82) is 0 Å². The fourth-order valence-electron chi connectivity index (χ4n) is 2.52. The first kappa shape index (κ1) is 8.93. The molecule has 0 spiro atoms. The summed E-state index contributed by atoms with van der Waals surface area (Å²) < 4.78 is 1.17. The Labute approximate surface area is 92.8 Å². The van der Waals surface area contributed by atoms with Gasteiger partial charge < -0.3 is 5.73 Å². The molecule has 2 atom stereocenters. The summed E-state index contributed by atoms with van der Waals surface area (Å²) in [5, 5.41) is 0. The fourth-order valence-corrected chi connectivity index (χ4v) is 2.94. The van der Waals surface area contributed by atoms with Gasteiger partial charge in [-0.3, -0.25) is 0 Å². The lowest BCUT2D eigenvalue weighted by molar-refractivity contribution is 0.567. The van der Waals surface area contributed by atoms with Crippen LogP contribution in [0.1, 0.15) is 30.7 Å². The quantitative estimate of drug-likeness (QED) is 0.860. The number of halogens is 1. The molecule has 0 heterocycles. The van der Waals surface area contributed by atoms with Crippen molar-refractivity contribution < 1.29 is 0 Å². The lowest BCUT2D eigenvalue weighted by Crippen LogP contribution is -2.26. The monoisotopic (exact) mass is 251 g/mol. The largest absolute Gasteiger partial charge is 0.324 e. The maximum Gasteiger partial charge on any atom is 0.0259 e. The number of hydrogen-bond donors (Lipinski definition) is 1. The molecule has 2 N–H and O–H groups in total. The van der Waals surface area contributed by atoms with Gasteiger partial charge in [-0.05, 0) is 42.9 Å². The van der Waals surface area contributed by atoms with Crippen LogP contribution in [0.2, 0.25) is 0 Å². The van der Waals surface area contributed by atoms with Crippen molar-refractivity contribution in [3.8, 4) is 0 Å². The highest BCUT2D eigenvalue weighted by Crippen LogP contribution is 2.61. The molecular weight excluding hydrogens is 238 g/mol. The summed E-state index contributed by atoms with van der Waals surface area (Å²) in [5.74, 6) is 1.43. The van der Waals surface area contributed by atoms with Crippen LogP contribution in [-0.2, 0) is 0 Å². The van der Waals surface area contributed by atoms with E-state index in [0.717, 1.165) is 5.92 Å². The van der Waals surface area contributed by atoms with E-state index in [9.17, 15) is 0 Å². The van der Waals surface area contributed by atoms with Gasteiger partial charge in [-0.2, -0.15) is 0 Å². The third-order valence-electron chi connectivity index (χ3n) is 3.63. The van der Waals surface area contributed by atoms with Crippen LogP contribution in [0.15, 0.2) is 28.7 Å². The highest BCUT2D eigenvalue weighted by Gasteiger charge is 2.59. The number of benzene rings is 1. The van der Waals surface area contributed by atoms with Crippen LogP contribution in [0.3, 0.4) is 0 Å². The molecule has 74 valence electrons. The van der Waals surface area contributed by atoms with Crippen LogP contribution in [0, 0.1) is 5.92 Å². The van der Waals surface area contributed by atoms with Gasteiger partial charge in [0.05, 0.1) is 0 Å². The Morgan fingerprint density at radius 2 is 2.14 bits per heavy atom. The van der Waals surface area contributed by atoms with Gasteiger partial charge in [-0.25, -0.2) is 0 Å². The molecule has 2 saturated carbocycles. The predicted octanol–water partition coefficient (Wildman–Crippen LogP) is 3.04. The second-order valence-corrected chi connectivity index (χ2v) is 5.61. The summed E-state index contributed by atoms with van der Waals surface area (Å²) in [5.41, 5.74) is 7.93. The van der Waals surface area contributed by atoms with Crippen molar-refractivity contribution in [3.63, 3.8) is 0 Å². The fraction of sp³-hybridized carbons (Fsp3) is 0.500. The summed E-state index contributed by atoms with van der Waals surface area (Å²) in [7, 11) is 0. The molecule has 0 aromatic heterocycles. The molecule has 0 amide bonds. The maximum atomic E-state index is 6.36. The Morgan fingerprint density at radius 3 is 2.79 bits per heavy atom. The molecule has 2 aliphatic carbocycles. The molecule has 2 fully saturated rings. The van der Waals surface area contributed by atoms with E-state index in [4.69, 9.17) is 5.73 Å². The van der Waals surface area contributed by atoms with Gasteiger partial charge in [0, 0.05) is 15.9 Å². The third kappa shape index (κ3) is 1.32. The topological polar surface area (TPSA) is 26.0 Å². The molecule has 2 aliphatic rings. The zero-order valence-corrected chi connectivity index (χ0v) is 9.63. The second kappa shape index (κ2) is 2.83. The SMILES string of the molecule is NC1(C2CC2)CC1c1cccc(Br)c1. The molecule has 1 aromatic rings. The Hall–Kier alpha value is -0.340. The third-order valence-corrected chi connectivity index (χ3v) is 4.13. The lowest BCUT2D eigenvalue weighted by Gasteiger charge is -2.09. The Morgan fingerprint density at radius 1 is 1.36 bits per heavy atom. The average Bonchev–Trinajstić information content (AvgIpc) is 2.95. The molecule has 1 aromatic carbocycles. The van der Waals surface area contributed by atoms with E-state index in [1.165, 1.54) is 29.3 Å². The molecule has 3 rings (SSSR count). The summed E-state index contributed by atoms with van der Waals surface area (Å²) in [6.45, 7) is 0. The molecule has 2 heteroatoms. The minimum absolute atomic E-state index is 0.154.